The molecule has 1 unspecified atom stereocenters. The number of hydrogen-bond donors (Lipinski definition) is 2. The molecule has 10 heteroatoms. The first kappa shape index (κ1) is 28.2. The lowest BCUT2D eigenvalue weighted by atomic mass is 9.84. The molecule has 4 rings (SSSR count). The monoisotopic (exact) mass is 538 g/mol. The molecule has 2 aromatic carbocycles. The number of carbonyl (C=O) groups excluding carboxylic acids is 1. The van der Waals surface area contributed by atoms with Crippen molar-refractivity contribution in [3.63, 3.8) is 0 Å². The molecule has 0 saturated carbocycles. The van der Waals surface area contributed by atoms with Gasteiger partial charge in [0.2, 0.25) is 5.91 Å². The van der Waals surface area contributed by atoms with Crippen molar-refractivity contribution in [1.82, 2.24) is 9.80 Å². The topological polar surface area (TPSA) is 64.0 Å². The third-order valence-corrected chi connectivity index (χ3v) is 7.65. The second-order valence-electron chi connectivity index (χ2n) is 10.1. The number of carbonyl (C=O) groups is 1. The molecule has 2 aromatic rings. The first-order chi connectivity index (χ1) is 17.9. The minimum Gasteiger partial charge on any atom is -0.389 e. The molecule has 2 fully saturated rings. The number of β-amino-alcohol motifs (C(OH)–C–C–N with tert-alkyl or cyclic N) is 1. The summed E-state index contributed by atoms with van der Waals surface area (Å²) in [4.78, 5) is 16.1. The van der Waals surface area contributed by atoms with E-state index in [0.29, 0.717) is 18.7 Å². The van der Waals surface area contributed by atoms with Crippen molar-refractivity contribution in [2.75, 3.05) is 32.7 Å². The first-order valence-corrected chi connectivity index (χ1v) is 12.7. The molecule has 0 aliphatic carbocycles. The lowest BCUT2D eigenvalue weighted by Gasteiger charge is -2.43. The van der Waals surface area contributed by atoms with Crippen LogP contribution in [0, 0.1) is 11.6 Å². The molecule has 38 heavy (non-hydrogen) atoms. The molecule has 1 atom stereocenters. The smallest absolute Gasteiger partial charge is 0.389 e. The number of rotatable bonds is 6. The van der Waals surface area contributed by atoms with Gasteiger partial charge in [-0.05, 0) is 86.2 Å². The average Bonchev–Trinajstić information content (AvgIpc) is 2.89. The van der Waals surface area contributed by atoms with E-state index in [1.807, 2.05) is 4.90 Å². The van der Waals surface area contributed by atoms with E-state index in [1.165, 1.54) is 35.3 Å². The number of halogens is 5. The van der Waals surface area contributed by atoms with Crippen molar-refractivity contribution < 1.29 is 37.0 Å². The Kier molecular flexibility index (Phi) is 8.54. The summed E-state index contributed by atoms with van der Waals surface area (Å²) >= 11 is 0. The summed E-state index contributed by atoms with van der Waals surface area (Å²) in [5.74, 6) is -2.15. The highest BCUT2D eigenvalue weighted by Crippen LogP contribution is 2.34. The van der Waals surface area contributed by atoms with Gasteiger partial charge >= 0.3 is 6.18 Å². The second kappa shape index (κ2) is 11.5. The number of amides is 1. The number of hydrogen-bond acceptors (Lipinski definition) is 4. The van der Waals surface area contributed by atoms with Gasteiger partial charge in [0.15, 0.2) is 11.6 Å². The Hall–Kier alpha value is -2.82. The SMILES string of the molecule is O=C(/C=C/c1ccc(F)c(F)c1)N1CCC(O)(C(O)CN2CCC(c3ccc(C(F)(F)F)cc3)CC2)CC1. The molecular formula is C28H31F5N2O3. The van der Waals surface area contributed by atoms with Gasteiger partial charge in [0, 0.05) is 25.7 Å². The van der Waals surface area contributed by atoms with Crippen LogP contribution < -0.4 is 0 Å². The van der Waals surface area contributed by atoms with Gasteiger partial charge in [-0.3, -0.25) is 4.79 Å². The van der Waals surface area contributed by atoms with Crippen LogP contribution in [0.2, 0.25) is 0 Å². The third kappa shape index (κ3) is 6.78. The Morgan fingerprint density at radius 2 is 1.63 bits per heavy atom. The largest absolute Gasteiger partial charge is 0.416 e. The minimum atomic E-state index is -4.36. The van der Waals surface area contributed by atoms with Crippen molar-refractivity contribution in [3.8, 4) is 0 Å². The van der Waals surface area contributed by atoms with Gasteiger partial charge in [-0.25, -0.2) is 8.78 Å². The lowest BCUT2D eigenvalue weighted by Crippen LogP contribution is -2.56. The molecule has 0 spiro atoms. The lowest BCUT2D eigenvalue weighted by molar-refractivity contribution is -0.140. The maximum absolute atomic E-state index is 13.3. The molecule has 206 valence electrons. The Labute approximate surface area is 218 Å². The van der Waals surface area contributed by atoms with Crippen LogP contribution >= 0.6 is 0 Å². The van der Waals surface area contributed by atoms with Crippen molar-refractivity contribution in [2.24, 2.45) is 0 Å². The highest BCUT2D eigenvalue weighted by atomic mass is 19.4. The van der Waals surface area contributed by atoms with Crippen LogP contribution in [-0.2, 0) is 11.0 Å². The van der Waals surface area contributed by atoms with E-state index >= 15 is 0 Å². The van der Waals surface area contributed by atoms with Crippen LogP contribution in [0.1, 0.15) is 48.3 Å². The van der Waals surface area contributed by atoms with Crippen LogP contribution in [0.25, 0.3) is 6.08 Å². The Balaban J connectivity index is 1.23. The molecule has 0 bridgehead atoms. The zero-order valence-electron chi connectivity index (χ0n) is 20.8. The van der Waals surface area contributed by atoms with E-state index in [-0.39, 0.29) is 44.3 Å². The predicted octanol–water partition coefficient (Wildman–Crippen LogP) is 4.59. The summed E-state index contributed by atoms with van der Waals surface area (Å²) in [5.41, 5.74) is -0.789. The van der Waals surface area contributed by atoms with E-state index in [0.717, 1.165) is 42.7 Å². The van der Waals surface area contributed by atoms with Crippen molar-refractivity contribution in [2.45, 2.75) is 49.5 Å². The number of benzene rings is 2. The minimum absolute atomic E-state index is 0.141. The second-order valence-corrected chi connectivity index (χ2v) is 10.1. The van der Waals surface area contributed by atoms with Gasteiger partial charge in [-0.2, -0.15) is 13.2 Å². The van der Waals surface area contributed by atoms with Gasteiger partial charge in [-0.1, -0.05) is 18.2 Å². The van der Waals surface area contributed by atoms with E-state index in [2.05, 4.69) is 0 Å². The van der Waals surface area contributed by atoms with Gasteiger partial charge in [0.1, 0.15) is 0 Å². The van der Waals surface area contributed by atoms with Crippen LogP contribution in [0.4, 0.5) is 22.0 Å². The maximum atomic E-state index is 13.3. The number of nitrogens with zero attached hydrogens (tertiary/aromatic N) is 2. The molecule has 0 radical (unpaired) electrons. The van der Waals surface area contributed by atoms with E-state index < -0.39 is 35.1 Å². The Morgan fingerprint density at radius 3 is 2.21 bits per heavy atom. The zero-order chi connectivity index (χ0) is 27.5. The average molecular weight is 539 g/mol. The Bertz CT molecular complexity index is 1140. The molecule has 5 nitrogen and oxygen atoms in total. The normalized spacial score (nSPS) is 20.1. The summed E-state index contributed by atoms with van der Waals surface area (Å²) < 4.78 is 64.8. The van der Waals surface area contributed by atoms with Crippen LogP contribution in [0.15, 0.2) is 48.5 Å². The summed E-state index contributed by atoms with van der Waals surface area (Å²) in [5, 5.41) is 21.9. The number of alkyl halides is 3. The summed E-state index contributed by atoms with van der Waals surface area (Å²) in [6.07, 6.45) is -0.833. The molecule has 1 amide bonds. The van der Waals surface area contributed by atoms with Gasteiger partial charge in [0.05, 0.1) is 17.3 Å². The Morgan fingerprint density at radius 1 is 1.00 bits per heavy atom. The van der Waals surface area contributed by atoms with E-state index in [1.54, 1.807) is 0 Å². The summed E-state index contributed by atoms with van der Waals surface area (Å²) in [7, 11) is 0. The van der Waals surface area contributed by atoms with E-state index in [4.69, 9.17) is 0 Å². The van der Waals surface area contributed by atoms with Crippen molar-refractivity contribution in [3.05, 3.63) is 76.9 Å². The van der Waals surface area contributed by atoms with Gasteiger partial charge in [0.25, 0.3) is 0 Å². The van der Waals surface area contributed by atoms with Crippen LogP contribution in [0.5, 0.6) is 0 Å². The summed E-state index contributed by atoms with van der Waals surface area (Å²) in [6.45, 7) is 2.05. The molecular weight excluding hydrogens is 507 g/mol. The number of likely N-dealkylation sites (tertiary alicyclic amines) is 2. The van der Waals surface area contributed by atoms with Crippen molar-refractivity contribution in [1.29, 1.82) is 0 Å². The van der Waals surface area contributed by atoms with Crippen LogP contribution in [-0.4, -0.2) is 70.3 Å². The third-order valence-electron chi connectivity index (χ3n) is 7.65. The standard InChI is InChI=1S/C28H31F5N2O3/c29-23-7-1-19(17-24(23)30)2-8-26(37)35-15-11-27(38,12-16-35)25(36)18-34-13-9-21(10-14-34)20-3-5-22(6-4-20)28(31,32)33/h1-8,17,21,25,36,38H,9-16,18H2/b8-2+. The first-order valence-electron chi connectivity index (χ1n) is 12.7. The fraction of sp³-hybridized carbons (Fsp3) is 0.464. The molecule has 2 aliphatic rings. The zero-order valence-corrected chi connectivity index (χ0v) is 20.8. The fourth-order valence-corrected chi connectivity index (χ4v) is 5.14. The van der Waals surface area contributed by atoms with Gasteiger partial charge < -0.3 is 20.0 Å². The molecule has 2 aliphatic heterocycles. The number of aliphatic hydroxyl groups is 2. The van der Waals surface area contributed by atoms with Crippen molar-refractivity contribution >= 4 is 12.0 Å². The molecule has 0 aromatic heterocycles. The highest BCUT2D eigenvalue weighted by molar-refractivity contribution is 5.91. The summed E-state index contributed by atoms with van der Waals surface area (Å²) in [6, 6.07) is 8.62. The maximum Gasteiger partial charge on any atom is 0.416 e. The quantitative estimate of drug-likeness (QED) is 0.417. The molecule has 2 saturated heterocycles. The molecule has 2 heterocycles. The highest BCUT2D eigenvalue weighted by Gasteiger charge is 2.40. The van der Waals surface area contributed by atoms with E-state index in [9.17, 15) is 37.0 Å². The molecule has 2 N–H and O–H groups in total. The number of piperidine rings is 2. The van der Waals surface area contributed by atoms with Gasteiger partial charge in [-0.15, -0.1) is 0 Å². The van der Waals surface area contributed by atoms with Crippen LogP contribution in [0.3, 0.4) is 0 Å². The fourth-order valence-electron chi connectivity index (χ4n) is 5.14. The number of aliphatic hydroxyl groups excluding tert-OH is 1. The predicted molar refractivity (Wildman–Crippen MR) is 132 cm³/mol.